The molecule has 6 aromatic carbocycles. The number of hydrogen-bond acceptors (Lipinski definition) is 10. The molecule has 0 spiro atoms. The van der Waals surface area contributed by atoms with Crippen LogP contribution in [0.5, 0.6) is 0 Å². The second kappa shape index (κ2) is 32.9. The number of halogens is 8. The Morgan fingerprint density at radius 2 is 1.03 bits per heavy atom. The average Bonchev–Trinajstić information content (AvgIpc) is 1.52. The molecule has 2 aliphatic rings. The van der Waals surface area contributed by atoms with Crippen LogP contribution in [0.2, 0.25) is 0 Å². The van der Waals surface area contributed by atoms with E-state index in [0.717, 1.165) is 40.3 Å². The Morgan fingerprint density at radius 3 is 1.52 bits per heavy atom. The summed E-state index contributed by atoms with van der Waals surface area (Å²) in [5.41, 5.74) is -8.41. The highest BCUT2D eigenvalue weighted by Crippen LogP contribution is 2.36. The fraction of sp³-hybridized carbons (Fsp3) is 0.378. The highest BCUT2D eigenvalue weighted by atomic mass is 32.2. The van der Waals surface area contributed by atoms with Gasteiger partial charge in [-0.2, -0.15) is 36.3 Å². The van der Waals surface area contributed by atoms with Crippen molar-refractivity contribution >= 4 is 35.3 Å². The Balaban J connectivity index is 0.000000281. The first-order valence-corrected chi connectivity index (χ1v) is 31.7. The van der Waals surface area contributed by atoms with Gasteiger partial charge in [0, 0.05) is 85.4 Å². The highest BCUT2D eigenvalue weighted by Gasteiger charge is 2.34. The maximum Gasteiger partial charge on any atom is 0.416 e. The average molecular weight is 1390 g/mol. The van der Waals surface area contributed by atoms with E-state index < -0.39 is 270 Å². The van der Waals surface area contributed by atoms with E-state index in [-0.39, 0.29) is 72.1 Å². The van der Waals surface area contributed by atoms with E-state index >= 15 is 0 Å². The Labute approximate surface area is 603 Å². The minimum absolute atomic E-state index is 0.0123. The number of rotatable bonds is 26. The number of thioether (sulfide) groups is 2. The Bertz CT molecular complexity index is 5550. The van der Waals surface area contributed by atoms with Gasteiger partial charge in [-0.25, -0.2) is 8.78 Å². The normalized spacial score (nSPS) is 20.2. The molecule has 96 heavy (non-hydrogen) atoms. The number of carbonyl (C=O) groups is 2. The van der Waals surface area contributed by atoms with Crippen LogP contribution in [0.1, 0.15) is 141 Å². The van der Waals surface area contributed by atoms with Crippen LogP contribution in [-0.4, -0.2) is 103 Å². The summed E-state index contributed by atoms with van der Waals surface area (Å²) in [6, 6.07) is -4.27. The second-order valence-electron chi connectivity index (χ2n) is 21.2. The van der Waals surface area contributed by atoms with Gasteiger partial charge in [0.25, 0.3) is 11.1 Å². The zero-order chi connectivity index (χ0) is 93.6. The van der Waals surface area contributed by atoms with Gasteiger partial charge in [-0.3, -0.25) is 19.2 Å². The molecule has 12 nitrogen and oxygen atoms in total. The SMILES string of the molecule is [2H]c1c([2H])c(CSc2nc(=O)c3c(n2CC(=O)N(Cc2c([2H])c([2H])c(-c4c([2H])c([2H])c(C(F)(F)F)c(C)c4[2H])c([2H])c2[2H])C([2H])([2H])C([2H])([2H])N(CC)CC)CCC3)c([2H])c([2H])c1F.[2H]c1c([2H])c(CSc2nc(=O)c3c(n2CC(=O)N(Cc2ccc(-c4ccc(C(F)(F)F)cc4)cc2)C([2H])([2H])C([2H])([2H])N(CC)CC)C([2H])([2H])C([2H])(C)C3([2H])[2H])c([2H])c([2H])c1F. The molecule has 2 amide bonds. The maximum absolute atomic E-state index is 14.7. The molecule has 0 fully saturated rings. The van der Waals surface area contributed by atoms with E-state index in [1.165, 1.54) is 54.8 Å². The van der Waals surface area contributed by atoms with Crippen LogP contribution in [0.3, 0.4) is 0 Å². The van der Waals surface area contributed by atoms with Crippen molar-refractivity contribution in [3.63, 3.8) is 0 Å². The number of likely N-dealkylation sites (N-methyl/N-ethyl adjacent to an activating group) is 2. The summed E-state index contributed by atoms with van der Waals surface area (Å²) in [5, 5.41) is -0.766. The summed E-state index contributed by atoms with van der Waals surface area (Å²) in [4.78, 5) is 67.3. The van der Waals surface area contributed by atoms with E-state index in [1.54, 1.807) is 13.8 Å². The fourth-order valence-corrected chi connectivity index (χ4v) is 11.4. The van der Waals surface area contributed by atoms with Gasteiger partial charge in [0.15, 0.2) is 10.3 Å². The minimum atomic E-state index is -5.15. The molecule has 2 aromatic heterocycles. The first-order chi connectivity index (χ1) is 57.1. The lowest BCUT2D eigenvalue weighted by Gasteiger charge is -2.28. The van der Waals surface area contributed by atoms with Crippen LogP contribution in [-0.2, 0) is 85.2 Å². The molecule has 0 aliphatic heterocycles. The molecule has 0 bridgehead atoms. The number of hydrogen-bond donors (Lipinski definition) is 0. The standard InChI is InChI=1S/2C37H40F4N4O2S/c1-4-43(5-2)18-19-44(22-26-6-10-28(11-7-26)29-12-14-30(15-13-29)37(39,40)41)34(46)23-45-33-21-25(3)20-32(33)35(47)42-36(45)48-24-27-8-16-31(38)17-9-27;1-4-43(5-2)19-20-44(22-26-9-13-28(14-10-26)29-15-18-32(25(3)21-29)37(39,40)41)34(46)23-45-33-8-6-7-31(33)35(47)42-36(45)48-24-27-11-16-30(38)17-12-27/h6-17,25H,4-5,18-24H2,1-3H3;9-18,21H,4-8,19-20,22-24H2,1-3H3/i8D,9D,16D,17D,18D2,19D2,20D2,21D2,25D;9D,10D,11D,12D,13D,14D,15D,16D,17D,18D,19D2,20D2,21D. The zero-order valence-electron chi connectivity index (χ0n) is 80.4. The van der Waals surface area contributed by atoms with Crippen LogP contribution in [0.25, 0.3) is 22.3 Å². The van der Waals surface area contributed by atoms with Gasteiger partial charge in [0.2, 0.25) is 11.8 Å². The van der Waals surface area contributed by atoms with Gasteiger partial charge >= 0.3 is 12.4 Å². The second-order valence-corrected chi connectivity index (χ2v) is 23.1. The van der Waals surface area contributed by atoms with E-state index in [4.69, 9.17) is 32.9 Å². The van der Waals surface area contributed by atoms with E-state index in [0.29, 0.717) is 50.9 Å². The molecular formula is C74H80F8N8O4S2. The third-order valence-corrected chi connectivity index (χ3v) is 16.7. The van der Waals surface area contributed by atoms with E-state index in [1.807, 2.05) is 0 Å². The summed E-state index contributed by atoms with van der Waals surface area (Å²) in [5.74, 6) is -9.01. The van der Waals surface area contributed by atoms with Crippen LogP contribution >= 0.6 is 23.5 Å². The van der Waals surface area contributed by atoms with Crippen LogP contribution < -0.4 is 11.1 Å². The Morgan fingerprint density at radius 1 is 0.573 bits per heavy atom. The van der Waals surface area contributed by atoms with Gasteiger partial charge in [-0.15, -0.1) is 0 Å². The van der Waals surface area contributed by atoms with E-state index in [9.17, 15) is 59.8 Å². The zero-order valence-corrected chi connectivity index (χ0v) is 54.0. The van der Waals surface area contributed by atoms with Crippen molar-refractivity contribution in [3.05, 3.63) is 233 Å². The summed E-state index contributed by atoms with van der Waals surface area (Å²) < 4.78 is 353. The van der Waals surface area contributed by atoms with Crippen molar-refractivity contribution < 1.29 is 83.1 Å². The molecule has 10 rings (SSSR count). The Hall–Kier alpha value is -7.92. The number of amides is 2. The number of fused-ring (bicyclic) bond motifs is 2. The van der Waals surface area contributed by atoms with Crippen molar-refractivity contribution in [2.75, 3.05) is 52.2 Å². The van der Waals surface area contributed by atoms with Crippen LogP contribution in [0.15, 0.2) is 159 Å². The highest BCUT2D eigenvalue weighted by molar-refractivity contribution is 7.98. The third-order valence-electron chi connectivity index (χ3n) is 14.7. The Kier molecular flexibility index (Phi) is 14.9. The molecule has 0 N–H and O–H groups in total. The molecule has 0 saturated heterocycles. The minimum Gasteiger partial charge on any atom is -0.336 e. The van der Waals surface area contributed by atoms with Crippen molar-refractivity contribution in [2.45, 2.75) is 134 Å². The van der Waals surface area contributed by atoms with Crippen LogP contribution in [0.4, 0.5) is 35.1 Å². The number of aromatic nitrogens is 4. The molecule has 0 radical (unpaired) electrons. The van der Waals surface area contributed by atoms with Crippen molar-refractivity contribution in [3.8, 4) is 22.3 Å². The summed E-state index contributed by atoms with van der Waals surface area (Å²) in [6.07, 6.45) is -14.9. The molecule has 508 valence electrons. The van der Waals surface area contributed by atoms with Crippen LogP contribution in [0, 0.1) is 24.5 Å². The van der Waals surface area contributed by atoms with Crippen molar-refractivity contribution in [1.29, 1.82) is 0 Å². The summed E-state index contributed by atoms with van der Waals surface area (Å²) >= 11 is 1.17. The first kappa shape index (κ1) is 43.4. The van der Waals surface area contributed by atoms with E-state index in [2.05, 4.69) is 9.97 Å². The molecule has 1 unspecified atom stereocenters. The molecule has 22 heteroatoms. The summed E-state index contributed by atoms with van der Waals surface area (Å²) in [6.45, 7) is -8.57. The number of carbonyl (C=O) groups excluding carboxylic acids is 2. The monoisotopic (exact) mass is 1390 g/mol. The molecule has 2 heterocycles. The lowest BCUT2D eigenvalue weighted by molar-refractivity contribution is -0.138. The van der Waals surface area contributed by atoms with Gasteiger partial charge < -0.3 is 28.7 Å². The van der Waals surface area contributed by atoms with Crippen molar-refractivity contribution in [1.82, 2.24) is 38.7 Å². The van der Waals surface area contributed by atoms with Gasteiger partial charge in [0.05, 0.1) is 37.2 Å². The fourth-order valence-electron chi connectivity index (χ4n) is 9.65. The quantitative estimate of drug-likeness (QED) is 0.0295. The smallest absolute Gasteiger partial charge is 0.336 e. The van der Waals surface area contributed by atoms with Gasteiger partial charge in [-0.05, 0) is 163 Å². The molecule has 1 atom stereocenters. The number of benzene rings is 6. The van der Waals surface area contributed by atoms with Gasteiger partial charge in [-0.1, -0.05) is 155 Å². The number of alkyl halides is 6. The topological polar surface area (TPSA) is 117 Å². The predicted molar refractivity (Wildman–Crippen MR) is 362 cm³/mol. The molecular weight excluding hydrogens is 1280 g/mol. The largest absolute Gasteiger partial charge is 0.416 e. The van der Waals surface area contributed by atoms with Gasteiger partial charge in [0.1, 0.15) is 24.7 Å². The molecule has 0 saturated carbocycles. The summed E-state index contributed by atoms with van der Waals surface area (Å²) in [7, 11) is 0. The molecule has 8 aromatic rings. The van der Waals surface area contributed by atoms with Crippen molar-refractivity contribution in [2.24, 2.45) is 5.89 Å². The lowest BCUT2D eigenvalue weighted by Crippen LogP contribution is -2.40. The first-order valence-electron chi connectivity index (χ1n) is 43.8. The lowest BCUT2D eigenvalue weighted by atomic mass is 9.98. The predicted octanol–water partition coefficient (Wildman–Crippen LogP) is 15.0. The molecule has 2 aliphatic carbocycles. The number of nitrogens with zero attached hydrogens (tertiary/aromatic N) is 8. The maximum atomic E-state index is 14.7. The third kappa shape index (κ3) is 19.0.